The van der Waals surface area contributed by atoms with Crippen molar-refractivity contribution in [3.05, 3.63) is 153 Å². The highest BCUT2D eigenvalue weighted by Gasteiger charge is 2.37. The van der Waals surface area contributed by atoms with Crippen molar-refractivity contribution in [3.63, 3.8) is 0 Å². The van der Waals surface area contributed by atoms with Crippen molar-refractivity contribution in [2.75, 3.05) is 4.90 Å². The van der Waals surface area contributed by atoms with E-state index >= 15 is 0 Å². The Bertz CT molecular complexity index is 1740. The first-order chi connectivity index (χ1) is 20.4. The van der Waals surface area contributed by atoms with Crippen LogP contribution in [-0.2, 0) is 5.41 Å². The van der Waals surface area contributed by atoms with Crippen LogP contribution in [0, 0.1) is 0 Å². The van der Waals surface area contributed by atoms with E-state index < -0.39 is 5.92 Å². The van der Waals surface area contributed by atoms with E-state index in [1.54, 1.807) is 24.3 Å². The summed E-state index contributed by atoms with van der Waals surface area (Å²) >= 11 is 54.1. The van der Waals surface area contributed by atoms with Crippen LogP contribution >= 0.6 is 92.8 Å². The van der Waals surface area contributed by atoms with E-state index in [9.17, 15) is 0 Å². The third-order valence-corrected chi connectivity index (χ3v) is 10.2. The molecule has 0 saturated heterocycles. The van der Waals surface area contributed by atoms with Gasteiger partial charge in [-0.15, -0.1) is 0 Å². The largest absolute Gasteiger partial charge is 0.310 e. The molecule has 0 aliphatic carbocycles. The number of hydrogen-bond acceptors (Lipinski definition) is 1. The summed E-state index contributed by atoms with van der Waals surface area (Å²) in [6.07, 6.45) is 0. The van der Waals surface area contributed by atoms with Crippen LogP contribution in [-0.4, -0.2) is 0 Å². The lowest BCUT2D eigenvalue weighted by molar-refractivity contribution is 0.632. The van der Waals surface area contributed by atoms with Gasteiger partial charge in [0.2, 0.25) is 0 Å². The highest BCUT2D eigenvalue weighted by atomic mass is 35.5. The first kappa shape index (κ1) is 31.2. The van der Waals surface area contributed by atoms with Crippen molar-refractivity contribution in [2.45, 2.75) is 25.2 Å². The van der Waals surface area contributed by atoms with E-state index in [4.69, 9.17) is 92.8 Å². The van der Waals surface area contributed by atoms with Gasteiger partial charge in [0.25, 0.3) is 0 Å². The van der Waals surface area contributed by atoms with Gasteiger partial charge in [0.05, 0.1) is 11.4 Å². The molecule has 43 heavy (non-hydrogen) atoms. The second-order valence-corrected chi connectivity index (χ2v) is 14.1. The number of nitrogens with zero attached hydrogens (tertiary/aromatic N) is 1. The van der Waals surface area contributed by atoms with Crippen LogP contribution in [0.15, 0.2) is 84.9 Å². The van der Waals surface area contributed by atoms with Gasteiger partial charge in [-0.3, -0.25) is 0 Å². The monoisotopic (exact) mass is 723 g/mol. The molecule has 6 rings (SSSR count). The van der Waals surface area contributed by atoms with Crippen LogP contribution in [0.25, 0.3) is 0 Å². The molecular formula is C34H21Cl8N. The molecule has 0 atom stereocenters. The lowest BCUT2D eigenvalue weighted by Gasteiger charge is -2.42. The fraction of sp³-hybridized carbons (Fsp3) is 0.118. The van der Waals surface area contributed by atoms with Crippen molar-refractivity contribution in [1.29, 1.82) is 0 Å². The van der Waals surface area contributed by atoms with Gasteiger partial charge < -0.3 is 4.90 Å². The van der Waals surface area contributed by atoms with Crippen molar-refractivity contribution >= 4 is 110 Å². The number of fused-ring (bicyclic) bond motifs is 2. The number of benzene rings is 5. The van der Waals surface area contributed by atoms with Crippen LogP contribution in [0.5, 0.6) is 0 Å². The van der Waals surface area contributed by atoms with E-state index in [1.165, 1.54) is 11.1 Å². The molecule has 0 fully saturated rings. The molecule has 0 unspecified atom stereocenters. The normalized spacial score (nSPS) is 13.7. The van der Waals surface area contributed by atoms with Crippen molar-refractivity contribution in [1.82, 2.24) is 0 Å². The zero-order valence-electron chi connectivity index (χ0n) is 22.6. The lowest BCUT2D eigenvalue weighted by atomic mass is 9.73. The first-order valence-corrected chi connectivity index (χ1v) is 16.2. The molecule has 1 aliphatic rings. The maximum atomic E-state index is 7.19. The Morgan fingerprint density at radius 2 is 0.814 bits per heavy atom. The molecule has 5 aromatic rings. The van der Waals surface area contributed by atoms with Crippen molar-refractivity contribution < 1.29 is 0 Å². The zero-order valence-corrected chi connectivity index (χ0v) is 28.7. The Morgan fingerprint density at radius 3 is 1.19 bits per heavy atom. The van der Waals surface area contributed by atoms with Gasteiger partial charge in [-0.05, 0) is 59.7 Å². The second kappa shape index (κ2) is 11.9. The average molecular weight is 727 g/mol. The Hall–Kier alpha value is -1.78. The molecular weight excluding hydrogens is 706 g/mol. The molecule has 1 aliphatic heterocycles. The highest BCUT2D eigenvalue weighted by molar-refractivity contribution is 6.42. The summed E-state index contributed by atoms with van der Waals surface area (Å²) in [5.41, 5.74) is 6.55. The topological polar surface area (TPSA) is 3.24 Å². The number of halogens is 8. The van der Waals surface area contributed by atoms with Gasteiger partial charge in [0, 0.05) is 73.9 Å². The smallest absolute Gasteiger partial charge is 0.0502 e. The molecule has 0 N–H and O–H groups in total. The van der Waals surface area contributed by atoms with Crippen LogP contribution in [0.2, 0.25) is 40.2 Å². The molecule has 0 spiro atoms. The standard InChI is InChI=1S/C34H21Cl8N/c1-34(2)20-7-3-5-9-28(20)43(29-10-6-4-8-21(29)34)19-15-26(41)32(27(42)16-19)33(30-22(37)11-17(35)12-23(30)38)31-24(39)13-18(36)14-25(31)40/h3-16,33H,1-2H3. The minimum Gasteiger partial charge on any atom is -0.310 e. The zero-order chi connectivity index (χ0) is 30.8. The van der Waals surface area contributed by atoms with E-state index in [2.05, 4.69) is 55.1 Å². The van der Waals surface area contributed by atoms with Gasteiger partial charge in [-0.2, -0.15) is 0 Å². The Morgan fingerprint density at radius 1 is 0.488 bits per heavy atom. The molecule has 218 valence electrons. The number of rotatable bonds is 4. The van der Waals surface area contributed by atoms with E-state index in [-0.39, 0.29) is 5.41 Å². The van der Waals surface area contributed by atoms with E-state index in [0.717, 1.165) is 17.1 Å². The number of anilines is 3. The van der Waals surface area contributed by atoms with Crippen molar-refractivity contribution in [3.8, 4) is 0 Å². The van der Waals surface area contributed by atoms with Gasteiger partial charge in [-0.1, -0.05) is 143 Å². The van der Waals surface area contributed by atoms with Crippen LogP contribution in [0.3, 0.4) is 0 Å². The molecule has 0 radical (unpaired) electrons. The summed E-state index contributed by atoms with van der Waals surface area (Å²) in [5, 5.41) is 2.73. The Balaban J connectivity index is 1.61. The molecule has 0 bridgehead atoms. The maximum absolute atomic E-state index is 7.19. The van der Waals surface area contributed by atoms with Crippen LogP contribution in [0.4, 0.5) is 17.1 Å². The Labute approximate surface area is 290 Å². The summed E-state index contributed by atoms with van der Waals surface area (Å²) < 4.78 is 0. The van der Waals surface area contributed by atoms with E-state index in [1.807, 2.05) is 24.3 Å². The molecule has 1 nitrogen and oxygen atoms in total. The minimum absolute atomic E-state index is 0.216. The molecule has 5 aromatic carbocycles. The summed E-state index contributed by atoms with van der Waals surface area (Å²) in [6, 6.07) is 26.9. The second-order valence-electron chi connectivity index (χ2n) is 10.8. The van der Waals surface area contributed by atoms with Crippen molar-refractivity contribution in [2.24, 2.45) is 0 Å². The summed E-state index contributed by atoms with van der Waals surface area (Å²) in [7, 11) is 0. The average Bonchev–Trinajstić information content (AvgIpc) is 2.92. The summed E-state index contributed by atoms with van der Waals surface area (Å²) in [4.78, 5) is 2.18. The van der Waals surface area contributed by atoms with Gasteiger partial charge in [-0.25, -0.2) is 0 Å². The number of hydrogen-bond donors (Lipinski definition) is 0. The first-order valence-electron chi connectivity index (χ1n) is 13.2. The molecule has 1 heterocycles. The van der Waals surface area contributed by atoms with Crippen LogP contribution < -0.4 is 4.90 Å². The molecule has 0 aromatic heterocycles. The molecule has 9 heteroatoms. The molecule has 0 amide bonds. The fourth-order valence-electron chi connectivity index (χ4n) is 6.01. The van der Waals surface area contributed by atoms with Crippen LogP contribution in [0.1, 0.15) is 47.6 Å². The van der Waals surface area contributed by atoms with Gasteiger partial charge in [0.15, 0.2) is 0 Å². The SMILES string of the molecule is CC1(C)c2ccccc2N(c2cc(Cl)c(C(c3c(Cl)cc(Cl)cc3Cl)c3c(Cl)cc(Cl)cc3Cl)c(Cl)c2)c2ccccc21. The maximum Gasteiger partial charge on any atom is 0.0502 e. The summed E-state index contributed by atoms with van der Waals surface area (Å²) in [6.45, 7) is 4.46. The Kier molecular flexibility index (Phi) is 8.61. The minimum atomic E-state index is -0.747. The van der Waals surface area contributed by atoms with Gasteiger partial charge >= 0.3 is 0 Å². The fourth-order valence-corrected chi connectivity index (χ4v) is 8.78. The lowest BCUT2D eigenvalue weighted by Crippen LogP contribution is -2.30. The summed E-state index contributed by atoms with van der Waals surface area (Å²) in [5.74, 6) is -0.747. The van der Waals surface area contributed by atoms with E-state index in [0.29, 0.717) is 56.9 Å². The highest BCUT2D eigenvalue weighted by Crippen LogP contribution is 2.55. The third kappa shape index (κ3) is 5.41. The molecule has 0 saturated carbocycles. The number of para-hydroxylation sites is 2. The quantitative estimate of drug-likeness (QED) is 0.167. The third-order valence-electron chi connectivity index (χ3n) is 7.91. The van der Waals surface area contributed by atoms with Gasteiger partial charge in [0.1, 0.15) is 0 Å². The predicted molar refractivity (Wildman–Crippen MR) is 187 cm³/mol. The predicted octanol–water partition coefficient (Wildman–Crippen LogP) is 14.2.